The molecule has 1 aromatic carbocycles. The summed E-state index contributed by atoms with van der Waals surface area (Å²) in [5, 5.41) is 9.15. The van der Waals surface area contributed by atoms with Crippen LogP contribution in [0.1, 0.15) is 19.3 Å². The highest BCUT2D eigenvalue weighted by molar-refractivity contribution is 9.10. The molecule has 1 saturated heterocycles. The molecule has 1 unspecified atom stereocenters. The van der Waals surface area contributed by atoms with E-state index in [9.17, 15) is 9.59 Å². The summed E-state index contributed by atoms with van der Waals surface area (Å²) in [5.74, 6) is -1.07. The van der Waals surface area contributed by atoms with Crippen molar-refractivity contribution in [3.05, 3.63) is 28.7 Å². The number of amides is 1. The number of rotatable bonds is 2. The van der Waals surface area contributed by atoms with Crippen LogP contribution in [0.15, 0.2) is 28.7 Å². The first-order valence-corrected chi connectivity index (χ1v) is 6.19. The Kier molecular flexibility index (Phi) is 3.47. The van der Waals surface area contributed by atoms with Crippen LogP contribution in [0.5, 0.6) is 0 Å². The SMILES string of the molecule is O=C(O)C1CCCC(=O)N1c1cccc(Br)c1. The molecular weight excluding hydrogens is 286 g/mol. The van der Waals surface area contributed by atoms with Crippen LogP contribution in [0.2, 0.25) is 0 Å². The smallest absolute Gasteiger partial charge is 0.326 e. The molecular formula is C12H12BrNO3. The first-order chi connectivity index (χ1) is 8.09. The number of anilines is 1. The lowest BCUT2D eigenvalue weighted by Crippen LogP contribution is -2.48. The van der Waals surface area contributed by atoms with Gasteiger partial charge in [-0.05, 0) is 31.0 Å². The summed E-state index contributed by atoms with van der Waals surface area (Å²) in [7, 11) is 0. The van der Waals surface area contributed by atoms with E-state index in [1.807, 2.05) is 6.07 Å². The lowest BCUT2D eigenvalue weighted by Gasteiger charge is -2.32. The largest absolute Gasteiger partial charge is 0.480 e. The quantitative estimate of drug-likeness (QED) is 0.912. The topological polar surface area (TPSA) is 57.6 Å². The summed E-state index contributed by atoms with van der Waals surface area (Å²) < 4.78 is 0.831. The molecule has 0 spiro atoms. The molecule has 1 heterocycles. The number of piperidine rings is 1. The second-order valence-electron chi connectivity index (χ2n) is 3.99. The number of carboxylic acid groups (broad SMARTS) is 1. The molecule has 1 fully saturated rings. The molecule has 1 aliphatic heterocycles. The molecule has 1 amide bonds. The number of hydrogen-bond acceptors (Lipinski definition) is 2. The zero-order chi connectivity index (χ0) is 12.4. The number of carbonyl (C=O) groups is 2. The Balaban J connectivity index is 2.38. The van der Waals surface area contributed by atoms with Crippen LogP contribution in [0, 0.1) is 0 Å². The molecule has 17 heavy (non-hydrogen) atoms. The van der Waals surface area contributed by atoms with E-state index in [1.165, 1.54) is 4.90 Å². The van der Waals surface area contributed by atoms with Crippen molar-refractivity contribution < 1.29 is 14.7 Å². The third-order valence-corrected chi connectivity index (χ3v) is 3.31. The number of benzene rings is 1. The molecule has 1 atom stereocenters. The van der Waals surface area contributed by atoms with E-state index in [1.54, 1.807) is 18.2 Å². The number of carboxylic acids is 1. The standard InChI is InChI=1S/C12H12BrNO3/c13-8-3-1-4-9(7-8)14-10(12(16)17)5-2-6-11(14)15/h1,3-4,7,10H,2,5-6H2,(H,16,17). The average molecular weight is 298 g/mol. The van der Waals surface area contributed by atoms with E-state index in [-0.39, 0.29) is 5.91 Å². The third kappa shape index (κ3) is 2.49. The normalized spacial score (nSPS) is 20.4. The van der Waals surface area contributed by atoms with E-state index in [2.05, 4.69) is 15.9 Å². The molecule has 90 valence electrons. The van der Waals surface area contributed by atoms with Crippen LogP contribution in [-0.4, -0.2) is 23.0 Å². The molecule has 1 N–H and O–H groups in total. The van der Waals surface area contributed by atoms with Crippen molar-refractivity contribution in [2.45, 2.75) is 25.3 Å². The van der Waals surface area contributed by atoms with Gasteiger partial charge in [-0.3, -0.25) is 9.69 Å². The Labute approximate surface area is 107 Å². The van der Waals surface area contributed by atoms with Gasteiger partial charge in [0.2, 0.25) is 5.91 Å². The van der Waals surface area contributed by atoms with Gasteiger partial charge in [0.05, 0.1) is 0 Å². The number of halogens is 1. The minimum absolute atomic E-state index is 0.123. The van der Waals surface area contributed by atoms with Crippen LogP contribution in [0.3, 0.4) is 0 Å². The molecule has 5 heteroatoms. The fraction of sp³-hybridized carbons (Fsp3) is 0.333. The Morgan fingerprint density at radius 1 is 1.47 bits per heavy atom. The Morgan fingerprint density at radius 2 is 2.24 bits per heavy atom. The molecule has 4 nitrogen and oxygen atoms in total. The Bertz CT molecular complexity index is 461. The maximum absolute atomic E-state index is 11.9. The van der Waals surface area contributed by atoms with Crippen LogP contribution in [-0.2, 0) is 9.59 Å². The van der Waals surface area contributed by atoms with Gasteiger partial charge in [-0.15, -0.1) is 0 Å². The van der Waals surface area contributed by atoms with Crippen molar-refractivity contribution in [3.8, 4) is 0 Å². The van der Waals surface area contributed by atoms with E-state index < -0.39 is 12.0 Å². The summed E-state index contributed by atoms with van der Waals surface area (Å²) in [6, 6.07) is 6.40. The van der Waals surface area contributed by atoms with E-state index in [0.717, 1.165) is 4.47 Å². The van der Waals surface area contributed by atoms with Crippen LogP contribution < -0.4 is 4.90 Å². The van der Waals surface area contributed by atoms with Crippen molar-refractivity contribution in [2.75, 3.05) is 4.90 Å². The monoisotopic (exact) mass is 297 g/mol. The summed E-state index contributed by atoms with van der Waals surface area (Å²) in [6.45, 7) is 0. The minimum atomic E-state index is -0.946. The fourth-order valence-corrected chi connectivity index (χ4v) is 2.44. The van der Waals surface area contributed by atoms with Gasteiger partial charge in [0.15, 0.2) is 0 Å². The van der Waals surface area contributed by atoms with Crippen LogP contribution in [0.4, 0.5) is 5.69 Å². The molecule has 0 bridgehead atoms. The number of nitrogens with zero attached hydrogens (tertiary/aromatic N) is 1. The molecule has 0 aliphatic carbocycles. The molecule has 1 aromatic rings. The van der Waals surface area contributed by atoms with Gasteiger partial charge in [-0.2, -0.15) is 0 Å². The molecule has 0 aromatic heterocycles. The average Bonchev–Trinajstić information content (AvgIpc) is 2.28. The zero-order valence-electron chi connectivity index (χ0n) is 9.10. The predicted octanol–water partition coefficient (Wildman–Crippen LogP) is 2.42. The Morgan fingerprint density at radius 3 is 2.88 bits per heavy atom. The van der Waals surface area contributed by atoms with Gasteiger partial charge in [0.1, 0.15) is 6.04 Å². The van der Waals surface area contributed by atoms with Crippen molar-refractivity contribution in [2.24, 2.45) is 0 Å². The predicted molar refractivity (Wildman–Crippen MR) is 66.9 cm³/mol. The number of aliphatic carboxylic acids is 1. The number of hydrogen-bond donors (Lipinski definition) is 1. The maximum atomic E-state index is 11.9. The van der Waals surface area contributed by atoms with Gasteiger partial charge in [0.25, 0.3) is 0 Å². The third-order valence-electron chi connectivity index (χ3n) is 2.82. The van der Waals surface area contributed by atoms with Crippen molar-refractivity contribution in [3.63, 3.8) is 0 Å². The Hall–Kier alpha value is -1.36. The van der Waals surface area contributed by atoms with Gasteiger partial charge < -0.3 is 5.11 Å². The van der Waals surface area contributed by atoms with Gasteiger partial charge in [-0.1, -0.05) is 22.0 Å². The second kappa shape index (κ2) is 4.87. The minimum Gasteiger partial charge on any atom is -0.480 e. The molecule has 0 saturated carbocycles. The van der Waals surface area contributed by atoms with Crippen molar-refractivity contribution in [1.29, 1.82) is 0 Å². The molecule has 2 rings (SSSR count). The zero-order valence-corrected chi connectivity index (χ0v) is 10.7. The fourth-order valence-electron chi connectivity index (χ4n) is 2.05. The summed E-state index contributed by atoms with van der Waals surface area (Å²) >= 11 is 3.32. The van der Waals surface area contributed by atoms with Gasteiger partial charge in [-0.25, -0.2) is 4.79 Å². The van der Waals surface area contributed by atoms with Crippen molar-refractivity contribution in [1.82, 2.24) is 0 Å². The van der Waals surface area contributed by atoms with E-state index in [0.29, 0.717) is 24.9 Å². The first-order valence-electron chi connectivity index (χ1n) is 5.40. The summed E-state index contributed by atoms with van der Waals surface area (Å²) in [4.78, 5) is 24.4. The highest BCUT2D eigenvalue weighted by atomic mass is 79.9. The van der Waals surface area contributed by atoms with Crippen LogP contribution in [0.25, 0.3) is 0 Å². The van der Waals surface area contributed by atoms with Gasteiger partial charge in [0, 0.05) is 16.6 Å². The molecule has 0 radical (unpaired) electrons. The summed E-state index contributed by atoms with van der Waals surface area (Å²) in [5.41, 5.74) is 0.636. The molecule has 1 aliphatic rings. The maximum Gasteiger partial charge on any atom is 0.326 e. The number of carbonyl (C=O) groups excluding carboxylic acids is 1. The highest BCUT2D eigenvalue weighted by Gasteiger charge is 2.34. The van der Waals surface area contributed by atoms with Gasteiger partial charge >= 0.3 is 5.97 Å². The summed E-state index contributed by atoms with van der Waals surface area (Å²) in [6.07, 6.45) is 1.56. The van der Waals surface area contributed by atoms with E-state index >= 15 is 0 Å². The second-order valence-corrected chi connectivity index (χ2v) is 4.91. The lowest BCUT2D eigenvalue weighted by molar-refractivity contribution is -0.141. The van der Waals surface area contributed by atoms with Crippen molar-refractivity contribution >= 4 is 33.5 Å². The lowest BCUT2D eigenvalue weighted by atomic mass is 10.0. The van der Waals surface area contributed by atoms with Crippen LogP contribution >= 0.6 is 15.9 Å². The van der Waals surface area contributed by atoms with E-state index in [4.69, 9.17) is 5.11 Å². The highest BCUT2D eigenvalue weighted by Crippen LogP contribution is 2.27. The first kappa shape index (κ1) is 12.1.